The molecule has 3 aliphatic heterocycles. The molecule has 2 saturated heterocycles. The van der Waals surface area contributed by atoms with E-state index in [1.807, 2.05) is 13.0 Å². The fourth-order valence-electron chi connectivity index (χ4n) is 4.30. The predicted molar refractivity (Wildman–Crippen MR) is 105 cm³/mol. The van der Waals surface area contributed by atoms with Gasteiger partial charge in [0.05, 0.1) is 11.1 Å². The monoisotopic (exact) mass is 399 g/mol. The van der Waals surface area contributed by atoms with Gasteiger partial charge in [-0.2, -0.15) is 0 Å². The number of piperidine rings is 2. The number of anilines is 1. The van der Waals surface area contributed by atoms with Crippen molar-refractivity contribution in [3.8, 4) is 0 Å². The van der Waals surface area contributed by atoms with E-state index in [0.29, 0.717) is 17.0 Å². The van der Waals surface area contributed by atoms with E-state index in [-0.39, 0.29) is 18.7 Å². The van der Waals surface area contributed by atoms with Crippen LogP contribution in [0.4, 0.5) is 5.69 Å². The summed E-state index contributed by atoms with van der Waals surface area (Å²) in [5.74, 6) is -1.36. The third-order valence-corrected chi connectivity index (χ3v) is 5.96. The SMILES string of the molecule is CCOCC1CCN(c2ccc3c(c2)C(=O)N(C2CCC(=O)NC2=O)C3=O)CC1. The molecule has 1 N–H and O–H groups in total. The quantitative estimate of drug-likeness (QED) is 0.751. The number of imide groups is 2. The first-order valence-electron chi connectivity index (χ1n) is 10.2. The Morgan fingerprint density at radius 1 is 1.03 bits per heavy atom. The number of nitrogens with one attached hydrogen (secondary N) is 1. The van der Waals surface area contributed by atoms with Crippen LogP contribution >= 0.6 is 0 Å². The van der Waals surface area contributed by atoms with Crippen molar-refractivity contribution in [3.63, 3.8) is 0 Å². The topological polar surface area (TPSA) is 96.0 Å². The first kappa shape index (κ1) is 19.6. The molecule has 1 aromatic carbocycles. The summed E-state index contributed by atoms with van der Waals surface area (Å²) in [4.78, 5) is 52.5. The first-order valence-corrected chi connectivity index (χ1v) is 10.2. The maximum absolute atomic E-state index is 12.9. The molecular weight excluding hydrogens is 374 g/mol. The van der Waals surface area contributed by atoms with E-state index >= 15 is 0 Å². The van der Waals surface area contributed by atoms with Gasteiger partial charge in [-0.3, -0.25) is 29.4 Å². The average molecular weight is 399 g/mol. The molecule has 1 atom stereocenters. The van der Waals surface area contributed by atoms with Gasteiger partial charge in [-0.05, 0) is 50.3 Å². The normalized spacial score (nSPS) is 22.9. The van der Waals surface area contributed by atoms with Gasteiger partial charge >= 0.3 is 0 Å². The van der Waals surface area contributed by atoms with Crippen LogP contribution in [0.15, 0.2) is 18.2 Å². The highest BCUT2D eigenvalue weighted by molar-refractivity contribution is 6.23. The number of nitrogens with zero attached hydrogens (tertiary/aromatic N) is 2. The lowest BCUT2D eigenvalue weighted by Gasteiger charge is -2.33. The molecule has 0 radical (unpaired) electrons. The van der Waals surface area contributed by atoms with Crippen molar-refractivity contribution < 1.29 is 23.9 Å². The highest BCUT2D eigenvalue weighted by Gasteiger charge is 2.44. The zero-order chi connectivity index (χ0) is 20.5. The lowest BCUT2D eigenvalue weighted by molar-refractivity contribution is -0.136. The summed E-state index contributed by atoms with van der Waals surface area (Å²) in [5, 5.41) is 2.21. The third kappa shape index (κ3) is 3.64. The Bertz CT molecular complexity index is 860. The summed E-state index contributed by atoms with van der Waals surface area (Å²) in [5.41, 5.74) is 1.55. The fourth-order valence-corrected chi connectivity index (χ4v) is 4.30. The number of fused-ring (bicyclic) bond motifs is 1. The molecule has 154 valence electrons. The molecule has 8 nitrogen and oxygen atoms in total. The second-order valence-electron chi connectivity index (χ2n) is 7.77. The Morgan fingerprint density at radius 3 is 2.45 bits per heavy atom. The average Bonchev–Trinajstić information content (AvgIpc) is 2.97. The van der Waals surface area contributed by atoms with Crippen LogP contribution in [0.25, 0.3) is 0 Å². The van der Waals surface area contributed by atoms with Gasteiger partial charge in [-0.25, -0.2) is 0 Å². The van der Waals surface area contributed by atoms with E-state index in [9.17, 15) is 19.2 Å². The summed E-state index contributed by atoms with van der Waals surface area (Å²) in [6.45, 7) is 5.24. The Kier molecular flexibility index (Phi) is 5.36. The number of hydrogen-bond donors (Lipinski definition) is 1. The second-order valence-corrected chi connectivity index (χ2v) is 7.77. The number of ether oxygens (including phenoxy) is 1. The molecular formula is C21H25N3O5. The van der Waals surface area contributed by atoms with Crippen molar-refractivity contribution in [1.82, 2.24) is 10.2 Å². The summed E-state index contributed by atoms with van der Waals surface area (Å²) >= 11 is 0. The van der Waals surface area contributed by atoms with Crippen molar-refractivity contribution in [3.05, 3.63) is 29.3 Å². The molecule has 0 saturated carbocycles. The summed E-state index contributed by atoms with van der Waals surface area (Å²) in [6.07, 6.45) is 2.32. The highest BCUT2D eigenvalue weighted by Crippen LogP contribution is 2.32. The van der Waals surface area contributed by atoms with E-state index in [1.54, 1.807) is 12.1 Å². The van der Waals surface area contributed by atoms with Crippen molar-refractivity contribution in [2.24, 2.45) is 5.92 Å². The van der Waals surface area contributed by atoms with Crippen LogP contribution in [0.5, 0.6) is 0 Å². The lowest BCUT2D eigenvalue weighted by atomic mass is 9.97. The first-order chi connectivity index (χ1) is 14.0. The minimum absolute atomic E-state index is 0.117. The Morgan fingerprint density at radius 2 is 1.76 bits per heavy atom. The van der Waals surface area contributed by atoms with Gasteiger partial charge in [0.1, 0.15) is 6.04 Å². The van der Waals surface area contributed by atoms with Gasteiger partial charge < -0.3 is 9.64 Å². The second kappa shape index (κ2) is 7.94. The van der Waals surface area contributed by atoms with E-state index < -0.39 is 23.8 Å². The molecule has 0 bridgehead atoms. The van der Waals surface area contributed by atoms with Gasteiger partial charge in [0, 0.05) is 38.4 Å². The number of rotatable bonds is 5. The number of carbonyl (C=O) groups excluding carboxylic acids is 4. The number of carbonyl (C=O) groups is 4. The molecule has 8 heteroatoms. The maximum atomic E-state index is 12.9. The largest absolute Gasteiger partial charge is 0.381 e. The lowest BCUT2D eigenvalue weighted by Crippen LogP contribution is -2.54. The number of hydrogen-bond acceptors (Lipinski definition) is 6. The molecule has 3 heterocycles. The van der Waals surface area contributed by atoms with Crippen LogP contribution in [-0.4, -0.2) is 60.9 Å². The van der Waals surface area contributed by atoms with Gasteiger partial charge in [0.25, 0.3) is 11.8 Å². The van der Waals surface area contributed by atoms with Crippen LogP contribution < -0.4 is 10.2 Å². The smallest absolute Gasteiger partial charge is 0.262 e. The molecule has 2 fully saturated rings. The fraction of sp³-hybridized carbons (Fsp3) is 0.524. The molecule has 1 aromatic rings. The summed E-state index contributed by atoms with van der Waals surface area (Å²) < 4.78 is 5.53. The zero-order valence-electron chi connectivity index (χ0n) is 16.5. The number of benzene rings is 1. The number of amides is 4. The van der Waals surface area contributed by atoms with E-state index in [4.69, 9.17) is 4.74 Å². The van der Waals surface area contributed by atoms with Crippen molar-refractivity contribution in [2.75, 3.05) is 31.2 Å². The Balaban J connectivity index is 1.49. The van der Waals surface area contributed by atoms with E-state index in [1.165, 1.54) is 0 Å². The van der Waals surface area contributed by atoms with E-state index in [2.05, 4.69) is 10.2 Å². The van der Waals surface area contributed by atoms with Gasteiger partial charge in [-0.1, -0.05) is 0 Å². The van der Waals surface area contributed by atoms with Crippen LogP contribution in [0.2, 0.25) is 0 Å². The van der Waals surface area contributed by atoms with Gasteiger partial charge in [-0.15, -0.1) is 0 Å². The molecule has 4 rings (SSSR count). The van der Waals surface area contributed by atoms with Crippen molar-refractivity contribution >= 4 is 29.3 Å². The molecule has 1 unspecified atom stereocenters. The highest BCUT2D eigenvalue weighted by atomic mass is 16.5. The van der Waals surface area contributed by atoms with Crippen LogP contribution in [0.1, 0.15) is 53.3 Å². The van der Waals surface area contributed by atoms with Crippen molar-refractivity contribution in [2.45, 2.75) is 38.6 Å². The summed E-state index contributed by atoms with van der Waals surface area (Å²) in [6, 6.07) is 4.35. The molecule has 0 spiro atoms. The zero-order valence-corrected chi connectivity index (χ0v) is 16.5. The standard InChI is InChI=1S/C21H25N3O5/c1-2-29-12-13-7-9-23(10-8-13)14-3-4-15-16(11-14)21(28)24(20(15)27)17-5-6-18(25)22-19(17)26/h3-4,11,13,17H,2,5-10,12H2,1H3,(H,22,25,26). The molecule has 0 aliphatic carbocycles. The van der Waals surface area contributed by atoms with E-state index in [0.717, 1.165) is 49.7 Å². The molecule has 0 aromatic heterocycles. The van der Waals surface area contributed by atoms with Gasteiger partial charge in [0.15, 0.2) is 0 Å². The molecule has 29 heavy (non-hydrogen) atoms. The predicted octanol–water partition coefficient (Wildman–Crippen LogP) is 1.34. The molecule has 3 aliphatic rings. The van der Waals surface area contributed by atoms with Crippen LogP contribution in [0.3, 0.4) is 0 Å². The summed E-state index contributed by atoms with van der Waals surface area (Å²) in [7, 11) is 0. The van der Waals surface area contributed by atoms with Crippen molar-refractivity contribution in [1.29, 1.82) is 0 Å². The Labute approximate surface area is 169 Å². The minimum atomic E-state index is -0.933. The van der Waals surface area contributed by atoms with Crippen LogP contribution in [0, 0.1) is 5.92 Å². The third-order valence-electron chi connectivity index (χ3n) is 5.96. The van der Waals surface area contributed by atoms with Gasteiger partial charge in [0.2, 0.25) is 11.8 Å². The minimum Gasteiger partial charge on any atom is -0.381 e. The molecule has 4 amide bonds. The maximum Gasteiger partial charge on any atom is 0.262 e. The Hall–Kier alpha value is -2.74. The van der Waals surface area contributed by atoms with Crippen LogP contribution in [-0.2, 0) is 14.3 Å².